The monoisotopic (exact) mass is 344 g/mol. The van der Waals surface area contributed by atoms with Gasteiger partial charge in [0.1, 0.15) is 0 Å². The molecule has 0 fully saturated rings. The van der Waals surface area contributed by atoms with Gasteiger partial charge >= 0.3 is 0 Å². The molecule has 0 amide bonds. The maximum absolute atomic E-state index is 6.29. The highest BCUT2D eigenvalue weighted by atomic mass is 79.9. The zero-order valence-corrected chi connectivity index (χ0v) is 13.1. The standard InChI is InChI=1S/C13H14BrClN2S/c1-2-17-13(6-10-7-16-8-18-10)11-5-9(14)3-4-12(11)15/h3-5,7-8,13,17H,2,6H2,1H3. The van der Waals surface area contributed by atoms with E-state index in [-0.39, 0.29) is 6.04 Å². The molecule has 0 saturated heterocycles. The Balaban J connectivity index is 2.26. The van der Waals surface area contributed by atoms with E-state index >= 15 is 0 Å². The second-order valence-corrected chi connectivity index (χ2v) is 6.24. The lowest BCUT2D eigenvalue weighted by molar-refractivity contribution is 0.553. The van der Waals surface area contributed by atoms with Crippen molar-refractivity contribution in [1.82, 2.24) is 10.3 Å². The van der Waals surface area contributed by atoms with Gasteiger partial charge in [-0.3, -0.25) is 4.98 Å². The first kappa shape index (κ1) is 14.0. The minimum atomic E-state index is 0.223. The third kappa shape index (κ3) is 3.54. The van der Waals surface area contributed by atoms with Crippen LogP contribution in [0.2, 0.25) is 5.02 Å². The molecule has 0 aliphatic heterocycles. The van der Waals surface area contributed by atoms with Gasteiger partial charge in [-0.1, -0.05) is 34.5 Å². The SMILES string of the molecule is CCNC(Cc1cncs1)c1cc(Br)ccc1Cl. The van der Waals surface area contributed by atoms with Crippen molar-refractivity contribution in [2.24, 2.45) is 0 Å². The highest BCUT2D eigenvalue weighted by molar-refractivity contribution is 9.10. The van der Waals surface area contributed by atoms with E-state index in [0.717, 1.165) is 28.0 Å². The summed E-state index contributed by atoms with van der Waals surface area (Å²) in [4.78, 5) is 5.38. The predicted molar refractivity (Wildman–Crippen MR) is 81.4 cm³/mol. The van der Waals surface area contributed by atoms with Crippen molar-refractivity contribution in [3.8, 4) is 0 Å². The largest absolute Gasteiger partial charge is 0.310 e. The molecule has 0 radical (unpaired) electrons. The number of benzene rings is 1. The summed E-state index contributed by atoms with van der Waals surface area (Å²) in [5.41, 5.74) is 2.99. The molecule has 1 unspecified atom stereocenters. The summed E-state index contributed by atoms with van der Waals surface area (Å²) < 4.78 is 1.05. The van der Waals surface area contributed by atoms with E-state index in [9.17, 15) is 0 Å². The fourth-order valence-electron chi connectivity index (χ4n) is 1.86. The average Bonchev–Trinajstić information content (AvgIpc) is 2.85. The Hall–Kier alpha value is -0.420. The van der Waals surface area contributed by atoms with Crippen molar-refractivity contribution in [2.75, 3.05) is 6.54 Å². The lowest BCUT2D eigenvalue weighted by Gasteiger charge is -2.19. The maximum atomic E-state index is 6.29. The lowest BCUT2D eigenvalue weighted by atomic mass is 10.0. The van der Waals surface area contributed by atoms with Crippen LogP contribution in [-0.2, 0) is 6.42 Å². The van der Waals surface area contributed by atoms with Crippen LogP contribution in [-0.4, -0.2) is 11.5 Å². The highest BCUT2D eigenvalue weighted by Gasteiger charge is 2.15. The molecule has 1 aromatic carbocycles. The Morgan fingerprint density at radius 3 is 3.00 bits per heavy atom. The Bertz CT molecular complexity index is 502. The van der Waals surface area contributed by atoms with Crippen molar-refractivity contribution in [3.63, 3.8) is 0 Å². The van der Waals surface area contributed by atoms with Gasteiger partial charge in [-0.2, -0.15) is 0 Å². The van der Waals surface area contributed by atoms with Crippen molar-refractivity contribution < 1.29 is 0 Å². The first-order valence-corrected chi connectivity index (χ1v) is 7.81. The number of hydrogen-bond donors (Lipinski definition) is 1. The number of hydrogen-bond acceptors (Lipinski definition) is 3. The Morgan fingerprint density at radius 2 is 2.33 bits per heavy atom. The fourth-order valence-corrected chi connectivity index (χ4v) is 3.13. The van der Waals surface area contributed by atoms with E-state index in [1.807, 2.05) is 23.8 Å². The van der Waals surface area contributed by atoms with Crippen LogP contribution < -0.4 is 5.32 Å². The van der Waals surface area contributed by atoms with Crippen LogP contribution in [0.4, 0.5) is 0 Å². The van der Waals surface area contributed by atoms with Gasteiger partial charge in [0.25, 0.3) is 0 Å². The zero-order chi connectivity index (χ0) is 13.0. The fraction of sp³-hybridized carbons (Fsp3) is 0.308. The molecule has 2 rings (SSSR count). The van der Waals surface area contributed by atoms with Crippen LogP contribution in [0.25, 0.3) is 0 Å². The number of likely N-dealkylation sites (N-methyl/N-ethyl adjacent to an activating group) is 1. The summed E-state index contributed by atoms with van der Waals surface area (Å²) >= 11 is 11.5. The van der Waals surface area contributed by atoms with Crippen LogP contribution in [0.3, 0.4) is 0 Å². The van der Waals surface area contributed by atoms with E-state index in [4.69, 9.17) is 11.6 Å². The van der Waals surface area contributed by atoms with Crippen molar-refractivity contribution in [3.05, 3.63) is 49.8 Å². The van der Waals surface area contributed by atoms with Crippen LogP contribution in [0.15, 0.2) is 34.4 Å². The number of aromatic nitrogens is 1. The smallest absolute Gasteiger partial charge is 0.0794 e. The molecule has 96 valence electrons. The normalized spacial score (nSPS) is 12.6. The van der Waals surface area contributed by atoms with Crippen LogP contribution >= 0.6 is 38.9 Å². The number of thiazole rings is 1. The third-order valence-electron chi connectivity index (χ3n) is 2.67. The van der Waals surface area contributed by atoms with E-state index in [2.05, 4.69) is 39.2 Å². The molecule has 18 heavy (non-hydrogen) atoms. The lowest BCUT2D eigenvalue weighted by Crippen LogP contribution is -2.23. The molecule has 0 saturated carbocycles. The number of rotatable bonds is 5. The van der Waals surface area contributed by atoms with Gasteiger partial charge in [0.05, 0.1) is 5.51 Å². The molecule has 1 N–H and O–H groups in total. The molecular formula is C13H14BrClN2S. The molecule has 0 bridgehead atoms. The van der Waals surface area contributed by atoms with Crippen molar-refractivity contribution in [2.45, 2.75) is 19.4 Å². The van der Waals surface area contributed by atoms with Crippen LogP contribution in [0, 0.1) is 0 Å². The molecule has 0 aliphatic carbocycles. The molecule has 0 aliphatic rings. The molecule has 1 aromatic heterocycles. The van der Waals surface area contributed by atoms with Gasteiger partial charge < -0.3 is 5.32 Å². The minimum absolute atomic E-state index is 0.223. The highest BCUT2D eigenvalue weighted by Crippen LogP contribution is 2.29. The van der Waals surface area contributed by atoms with E-state index in [1.165, 1.54) is 4.88 Å². The topological polar surface area (TPSA) is 24.9 Å². The van der Waals surface area contributed by atoms with Gasteiger partial charge in [-0.15, -0.1) is 11.3 Å². The number of nitrogens with zero attached hydrogens (tertiary/aromatic N) is 1. The summed E-state index contributed by atoms with van der Waals surface area (Å²) in [5, 5.41) is 4.28. The summed E-state index contributed by atoms with van der Waals surface area (Å²) in [5.74, 6) is 0. The van der Waals surface area contributed by atoms with Gasteiger partial charge in [0.2, 0.25) is 0 Å². The summed E-state index contributed by atoms with van der Waals surface area (Å²) in [6.07, 6.45) is 2.83. The quantitative estimate of drug-likeness (QED) is 0.866. The Kier molecular flexibility index (Phi) is 5.18. The molecule has 2 nitrogen and oxygen atoms in total. The third-order valence-corrected chi connectivity index (χ3v) is 4.31. The molecule has 0 spiro atoms. The predicted octanol–water partition coefficient (Wildman–Crippen LogP) is 4.45. The maximum Gasteiger partial charge on any atom is 0.0794 e. The van der Waals surface area contributed by atoms with Gasteiger partial charge in [0.15, 0.2) is 0 Å². The second kappa shape index (κ2) is 6.66. The summed E-state index contributed by atoms with van der Waals surface area (Å²) in [6, 6.07) is 6.19. The Labute approximate surface area is 125 Å². The summed E-state index contributed by atoms with van der Waals surface area (Å²) in [6.45, 7) is 3.01. The molecule has 1 heterocycles. The van der Waals surface area contributed by atoms with Gasteiger partial charge in [-0.25, -0.2) is 0 Å². The minimum Gasteiger partial charge on any atom is -0.310 e. The summed E-state index contributed by atoms with van der Waals surface area (Å²) in [7, 11) is 0. The van der Waals surface area contributed by atoms with E-state index in [0.29, 0.717) is 0 Å². The molecular weight excluding hydrogens is 332 g/mol. The first-order chi connectivity index (χ1) is 8.70. The zero-order valence-electron chi connectivity index (χ0n) is 9.99. The number of halogens is 2. The van der Waals surface area contributed by atoms with Gasteiger partial charge in [0, 0.05) is 33.0 Å². The van der Waals surface area contributed by atoms with Gasteiger partial charge in [-0.05, 0) is 30.3 Å². The van der Waals surface area contributed by atoms with Crippen molar-refractivity contribution >= 4 is 38.9 Å². The van der Waals surface area contributed by atoms with Crippen LogP contribution in [0.1, 0.15) is 23.4 Å². The molecule has 5 heteroatoms. The van der Waals surface area contributed by atoms with Crippen molar-refractivity contribution in [1.29, 1.82) is 0 Å². The Morgan fingerprint density at radius 1 is 1.50 bits per heavy atom. The van der Waals surface area contributed by atoms with E-state index < -0.39 is 0 Å². The average molecular weight is 346 g/mol. The molecule has 2 aromatic rings. The second-order valence-electron chi connectivity index (χ2n) is 3.95. The molecule has 1 atom stereocenters. The number of nitrogens with one attached hydrogen (secondary N) is 1. The first-order valence-electron chi connectivity index (χ1n) is 5.76. The van der Waals surface area contributed by atoms with E-state index in [1.54, 1.807) is 11.3 Å². The van der Waals surface area contributed by atoms with Crippen LogP contribution in [0.5, 0.6) is 0 Å².